The molecule has 0 aromatic heterocycles. The van der Waals surface area contributed by atoms with Crippen molar-refractivity contribution >= 4 is 23.7 Å². The second-order valence-corrected chi connectivity index (χ2v) is 7.71. The van der Waals surface area contributed by atoms with Gasteiger partial charge in [0.2, 0.25) is 5.91 Å². The normalized spacial score (nSPS) is 33.7. The molecule has 0 aromatic rings. The number of rotatable bonds is 6. The number of urea groups is 1. The number of aliphatic hydroxyl groups excluding tert-OH is 1. The topological polar surface area (TPSA) is 81.7 Å². The van der Waals surface area contributed by atoms with Crippen LogP contribution in [-0.4, -0.2) is 64.2 Å². The molecule has 3 saturated heterocycles. The molecule has 22 heavy (non-hydrogen) atoms. The standard InChI is InChI=1S/C15H25N3O3S/c19-8-10-4-3-7-18(10)13(20)6-2-1-5-12-14-11(9-22-12)16-15(21)17-14/h10-12,14,19H,1-9H2,(H2,16,17,21)/t10-,11-,12-,14-/m0/s1. The quantitative estimate of drug-likeness (QED) is 0.495. The molecule has 0 spiro atoms. The lowest BCUT2D eigenvalue weighted by molar-refractivity contribution is -0.132. The van der Waals surface area contributed by atoms with Crippen molar-refractivity contribution in [3.63, 3.8) is 0 Å². The molecule has 7 heteroatoms. The maximum absolute atomic E-state index is 12.2. The van der Waals surface area contributed by atoms with E-state index in [-0.39, 0.29) is 36.7 Å². The van der Waals surface area contributed by atoms with Gasteiger partial charge in [0.15, 0.2) is 0 Å². The summed E-state index contributed by atoms with van der Waals surface area (Å²) >= 11 is 1.92. The van der Waals surface area contributed by atoms with E-state index < -0.39 is 0 Å². The fourth-order valence-electron chi connectivity index (χ4n) is 3.76. The minimum atomic E-state index is -0.0421. The van der Waals surface area contributed by atoms with Crippen LogP contribution in [0.3, 0.4) is 0 Å². The van der Waals surface area contributed by atoms with Crippen molar-refractivity contribution < 1.29 is 14.7 Å². The van der Waals surface area contributed by atoms with Gasteiger partial charge in [-0.25, -0.2) is 4.79 Å². The molecule has 4 atom stereocenters. The van der Waals surface area contributed by atoms with E-state index in [4.69, 9.17) is 0 Å². The maximum atomic E-state index is 12.2. The predicted octanol–water partition coefficient (Wildman–Crippen LogP) is 0.695. The van der Waals surface area contributed by atoms with Gasteiger partial charge in [0.25, 0.3) is 0 Å². The van der Waals surface area contributed by atoms with E-state index in [2.05, 4.69) is 10.6 Å². The summed E-state index contributed by atoms with van der Waals surface area (Å²) in [5.74, 6) is 1.17. The number of nitrogens with one attached hydrogen (secondary N) is 2. The Morgan fingerprint density at radius 1 is 1.36 bits per heavy atom. The average molecular weight is 327 g/mol. The zero-order chi connectivity index (χ0) is 15.5. The fourth-order valence-corrected chi connectivity index (χ4v) is 5.31. The van der Waals surface area contributed by atoms with Gasteiger partial charge in [-0.1, -0.05) is 6.42 Å². The maximum Gasteiger partial charge on any atom is 0.315 e. The lowest BCUT2D eigenvalue weighted by Gasteiger charge is -2.23. The van der Waals surface area contributed by atoms with Crippen molar-refractivity contribution in [3.05, 3.63) is 0 Å². The number of unbranched alkanes of at least 4 members (excludes halogenated alkanes) is 1. The van der Waals surface area contributed by atoms with Crippen LogP contribution in [0.1, 0.15) is 38.5 Å². The van der Waals surface area contributed by atoms with Gasteiger partial charge in [-0.3, -0.25) is 4.79 Å². The summed E-state index contributed by atoms with van der Waals surface area (Å²) in [6, 6.07) is 0.530. The van der Waals surface area contributed by atoms with E-state index in [1.807, 2.05) is 16.7 Å². The molecule has 0 aromatic carbocycles. The van der Waals surface area contributed by atoms with E-state index in [0.29, 0.717) is 11.7 Å². The first-order valence-corrected chi connectivity index (χ1v) is 9.33. The van der Waals surface area contributed by atoms with Crippen LogP contribution < -0.4 is 10.6 Å². The number of hydrogen-bond donors (Lipinski definition) is 3. The minimum Gasteiger partial charge on any atom is -0.394 e. The van der Waals surface area contributed by atoms with Gasteiger partial charge in [-0.15, -0.1) is 0 Å². The van der Waals surface area contributed by atoms with Gasteiger partial charge in [-0.2, -0.15) is 11.8 Å². The zero-order valence-electron chi connectivity index (χ0n) is 12.8. The van der Waals surface area contributed by atoms with E-state index in [1.165, 1.54) is 0 Å². The first-order chi connectivity index (χ1) is 10.7. The van der Waals surface area contributed by atoms with Gasteiger partial charge in [0.1, 0.15) is 0 Å². The van der Waals surface area contributed by atoms with Gasteiger partial charge in [0, 0.05) is 24.0 Å². The summed E-state index contributed by atoms with van der Waals surface area (Å²) in [4.78, 5) is 25.4. The van der Waals surface area contributed by atoms with Crippen LogP contribution in [0.2, 0.25) is 0 Å². The van der Waals surface area contributed by atoms with E-state index in [0.717, 1.165) is 44.4 Å². The molecule has 0 unspecified atom stereocenters. The summed E-state index contributed by atoms with van der Waals surface area (Å²) in [7, 11) is 0. The Hall–Kier alpha value is -0.950. The summed E-state index contributed by atoms with van der Waals surface area (Å²) in [5.41, 5.74) is 0. The number of likely N-dealkylation sites (tertiary alicyclic amines) is 1. The molecule has 0 bridgehead atoms. The van der Waals surface area contributed by atoms with E-state index in [9.17, 15) is 14.7 Å². The third-order valence-electron chi connectivity index (χ3n) is 4.98. The number of carbonyl (C=O) groups excluding carboxylic acids is 2. The van der Waals surface area contributed by atoms with E-state index >= 15 is 0 Å². The summed E-state index contributed by atoms with van der Waals surface area (Å²) < 4.78 is 0. The van der Waals surface area contributed by atoms with Crippen molar-refractivity contribution in [1.82, 2.24) is 15.5 Å². The predicted molar refractivity (Wildman–Crippen MR) is 85.8 cm³/mol. The van der Waals surface area contributed by atoms with Gasteiger partial charge >= 0.3 is 6.03 Å². The van der Waals surface area contributed by atoms with Crippen LogP contribution in [0.4, 0.5) is 4.79 Å². The van der Waals surface area contributed by atoms with Crippen molar-refractivity contribution in [2.45, 2.75) is 61.9 Å². The highest BCUT2D eigenvalue weighted by Crippen LogP contribution is 2.33. The summed E-state index contributed by atoms with van der Waals surface area (Å²) in [6.45, 7) is 0.879. The third-order valence-corrected chi connectivity index (χ3v) is 6.48. The molecule has 0 saturated carbocycles. The molecule has 3 amide bonds. The Balaban J connectivity index is 1.35. The first-order valence-electron chi connectivity index (χ1n) is 8.28. The number of hydrogen-bond acceptors (Lipinski definition) is 4. The molecule has 6 nitrogen and oxygen atoms in total. The summed E-state index contributed by atoms with van der Waals surface area (Å²) in [5, 5.41) is 15.7. The third kappa shape index (κ3) is 3.35. The second kappa shape index (κ2) is 7.08. The lowest BCUT2D eigenvalue weighted by atomic mass is 10.0. The van der Waals surface area contributed by atoms with Crippen molar-refractivity contribution in [2.24, 2.45) is 0 Å². The minimum absolute atomic E-state index is 0.0402. The van der Waals surface area contributed by atoms with Crippen LogP contribution in [0.5, 0.6) is 0 Å². The molecule has 3 N–H and O–H groups in total. The Kier molecular flexibility index (Phi) is 5.13. The van der Waals surface area contributed by atoms with E-state index in [1.54, 1.807) is 0 Å². The number of fused-ring (bicyclic) bond motifs is 1. The second-order valence-electron chi connectivity index (χ2n) is 6.43. The monoisotopic (exact) mass is 327 g/mol. The lowest BCUT2D eigenvalue weighted by Crippen LogP contribution is -2.37. The van der Waals surface area contributed by atoms with Crippen molar-refractivity contribution in [1.29, 1.82) is 0 Å². The highest BCUT2D eigenvalue weighted by Gasteiger charge is 2.42. The molecule has 3 heterocycles. The van der Waals surface area contributed by atoms with Gasteiger partial charge < -0.3 is 20.6 Å². The zero-order valence-corrected chi connectivity index (χ0v) is 13.6. The highest BCUT2D eigenvalue weighted by molar-refractivity contribution is 8.00. The van der Waals surface area contributed by atoms with Gasteiger partial charge in [-0.05, 0) is 25.7 Å². The SMILES string of the molecule is O=C1N[C@H]2[C@H](CS[C@H]2CCCCC(=O)N2CCC[C@H]2CO)N1. The summed E-state index contributed by atoms with van der Waals surface area (Å²) in [6.07, 6.45) is 5.46. The Bertz CT molecular complexity index is 434. The van der Waals surface area contributed by atoms with Crippen molar-refractivity contribution in [2.75, 3.05) is 18.9 Å². The van der Waals surface area contributed by atoms with Crippen LogP contribution in [-0.2, 0) is 4.79 Å². The van der Waals surface area contributed by atoms with Crippen LogP contribution in [0.15, 0.2) is 0 Å². The Morgan fingerprint density at radius 3 is 3.05 bits per heavy atom. The fraction of sp³-hybridized carbons (Fsp3) is 0.867. The Labute approximate surface area is 135 Å². The molecule has 3 fully saturated rings. The van der Waals surface area contributed by atoms with Gasteiger partial charge in [0.05, 0.1) is 24.7 Å². The molecule has 3 aliphatic heterocycles. The Morgan fingerprint density at radius 2 is 2.23 bits per heavy atom. The molecule has 0 aliphatic carbocycles. The van der Waals surface area contributed by atoms with Crippen LogP contribution >= 0.6 is 11.8 Å². The highest BCUT2D eigenvalue weighted by atomic mass is 32.2. The molecule has 124 valence electrons. The number of amides is 3. The number of thioether (sulfide) groups is 1. The van der Waals surface area contributed by atoms with Crippen LogP contribution in [0.25, 0.3) is 0 Å². The largest absolute Gasteiger partial charge is 0.394 e. The molecular weight excluding hydrogens is 302 g/mol. The number of carbonyl (C=O) groups is 2. The molecule has 0 radical (unpaired) electrons. The molecular formula is C15H25N3O3S. The first kappa shape index (κ1) is 15.9. The molecule has 3 rings (SSSR count). The number of aliphatic hydroxyl groups is 1. The average Bonchev–Trinajstić information content (AvgIpc) is 3.19. The molecule has 3 aliphatic rings. The number of nitrogens with zero attached hydrogens (tertiary/aromatic N) is 1. The smallest absolute Gasteiger partial charge is 0.315 e. The van der Waals surface area contributed by atoms with Crippen LogP contribution in [0, 0.1) is 0 Å². The van der Waals surface area contributed by atoms with Crippen molar-refractivity contribution in [3.8, 4) is 0 Å².